The SMILES string of the molecule is C/C=C(\C)O[C@@H]1O[C@H](COCc2ccccc2)[C@@H](OCc2ccccc2)[C@H](OCc2ccccc2)[C@H]1OC(C)=O. The Morgan fingerprint density at radius 1 is 0.700 bits per heavy atom. The topological polar surface area (TPSA) is 72.5 Å². The molecule has 7 heteroatoms. The lowest BCUT2D eigenvalue weighted by molar-refractivity contribution is -0.313. The lowest BCUT2D eigenvalue weighted by Crippen LogP contribution is -2.62. The summed E-state index contributed by atoms with van der Waals surface area (Å²) >= 11 is 0. The zero-order valence-corrected chi connectivity index (χ0v) is 23.3. The zero-order chi connectivity index (χ0) is 28.2. The number of hydrogen-bond donors (Lipinski definition) is 0. The highest BCUT2D eigenvalue weighted by Crippen LogP contribution is 2.32. The molecule has 4 rings (SSSR count). The zero-order valence-electron chi connectivity index (χ0n) is 23.3. The van der Waals surface area contributed by atoms with Crippen LogP contribution in [0.1, 0.15) is 37.5 Å². The normalized spacial score (nSPS) is 23.0. The molecule has 0 N–H and O–H groups in total. The maximum Gasteiger partial charge on any atom is 0.303 e. The molecule has 212 valence electrons. The average molecular weight is 547 g/mol. The van der Waals surface area contributed by atoms with Gasteiger partial charge in [0.05, 0.1) is 32.2 Å². The summed E-state index contributed by atoms with van der Waals surface area (Å²) in [5.41, 5.74) is 3.03. The van der Waals surface area contributed by atoms with Crippen LogP contribution in [0.3, 0.4) is 0 Å². The van der Waals surface area contributed by atoms with Crippen LogP contribution in [-0.2, 0) is 53.0 Å². The molecule has 1 aliphatic rings. The molecule has 0 radical (unpaired) electrons. The van der Waals surface area contributed by atoms with Gasteiger partial charge in [-0.25, -0.2) is 0 Å². The number of rotatable bonds is 13. The second kappa shape index (κ2) is 15.3. The molecule has 0 bridgehead atoms. The minimum Gasteiger partial charge on any atom is -0.466 e. The smallest absolute Gasteiger partial charge is 0.303 e. The maximum absolute atomic E-state index is 12.3. The summed E-state index contributed by atoms with van der Waals surface area (Å²) in [6, 6.07) is 29.6. The molecule has 7 nitrogen and oxygen atoms in total. The summed E-state index contributed by atoms with van der Waals surface area (Å²) in [6.45, 7) is 6.31. The van der Waals surface area contributed by atoms with Gasteiger partial charge < -0.3 is 28.4 Å². The van der Waals surface area contributed by atoms with Crippen molar-refractivity contribution < 1.29 is 33.2 Å². The van der Waals surface area contributed by atoms with Crippen molar-refractivity contribution >= 4 is 5.97 Å². The predicted molar refractivity (Wildman–Crippen MR) is 151 cm³/mol. The monoisotopic (exact) mass is 546 g/mol. The number of hydrogen-bond acceptors (Lipinski definition) is 7. The van der Waals surface area contributed by atoms with Crippen molar-refractivity contribution in [3.8, 4) is 0 Å². The van der Waals surface area contributed by atoms with Gasteiger partial charge in [-0.15, -0.1) is 0 Å². The van der Waals surface area contributed by atoms with E-state index in [0.29, 0.717) is 25.6 Å². The molecule has 1 aliphatic heterocycles. The molecule has 3 aromatic carbocycles. The molecule has 1 heterocycles. The molecule has 0 unspecified atom stereocenters. The van der Waals surface area contributed by atoms with Crippen LogP contribution in [0.25, 0.3) is 0 Å². The molecule has 40 heavy (non-hydrogen) atoms. The Morgan fingerprint density at radius 3 is 1.70 bits per heavy atom. The summed E-state index contributed by atoms with van der Waals surface area (Å²) in [6.07, 6.45) is -1.83. The first-order valence-corrected chi connectivity index (χ1v) is 13.6. The number of benzene rings is 3. The summed E-state index contributed by atoms with van der Waals surface area (Å²) < 4.78 is 37.4. The van der Waals surface area contributed by atoms with Gasteiger partial charge in [0.1, 0.15) is 18.3 Å². The van der Waals surface area contributed by atoms with Crippen molar-refractivity contribution in [2.75, 3.05) is 6.61 Å². The first-order valence-electron chi connectivity index (χ1n) is 13.6. The van der Waals surface area contributed by atoms with Crippen molar-refractivity contribution in [3.05, 3.63) is 120 Å². The molecule has 1 fully saturated rings. The van der Waals surface area contributed by atoms with Gasteiger partial charge in [-0.2, -0.15) is 0 Å². The molecule has 0 aliphatic carbocycles. The molecular formula is C33H38O7. The van der Waals surface area contributed by atoms with Crippen LogP contribution < -0.4 is 0 Å². The van der Waals surface area contributed by atoms with E-state index in [1.165, 1.54) is 6.92 Å². The minimum atomic E-state index is -0.914. The second-order valence-electron chi connectivity index (χ2n) is 9.66. The lowest BCUT2D eigenvalue weighted by atomic mass is 9.97. The van der Waals surface area contributed by atoms with E-state index in [1.54, 1.807) is 0 Å². The van der Waals surface area contributed by atoms with E-state index in [1.807, 2.05) is 111 Å². The summed E-state index contributed by atoms with van der Waals surface area (Å²) in [5, 5.41) is 0. The van der Waals surface area contributed by atoms with E-state index in [9.17, 15) is 4.79 Å². The van der Waals surface area contributed by atoms with Gasteiger partial charge in [0.15, 0.2) is 6.10 Å². The highest BCUT2D eigenvalue weighted by atomic mass is 16.7. The molecule has 3 aromatic rings. The fourth-order valence-electron chi connectivity index (χ4n) is 4.47. The van der Waals surface area contributed by atoms with Gasteiger partial charge in [0.2, 0.25) is 6.29 Å². The van der Waals surface area contributed by atoms with E-state index in [0.717, 1.165) is 16.7 Å². The highest BCUT2D eigenvalue weighted by Gasteiger charge is 2.50. The Bertz CT molecular complexity index is 1180. The number of allylic oxidation sites excluding steroid dienone is 2. The summed E-state index contributed by atoms with van der Waals surface area (Å²) in [7, 11) is 0. The van der Waals surface area contributed by atoms with Gasteiger partial charge in [0.25, 0.3) is 0 Å². The average Bonchev–Trinajstić information content (AvgIpc) is 2.98. The first-order chi connectivity index (χ1) is 19.5. The molecule has 0 aromatic heterocycles. The Kier molecular flexibility index (Phi) is 11.3. The third kappa shape index (κ3) is 8.76. The van der Waals surface area contributed by atoms with Gasteiger partial charge in [-0.05, 0) is 36.6 Å². The Labute approximate surface area is 236 Å². The van der Waals surface area contributed by atoms with Crippen molar-refractivity contribution in [2.45, 2.75) is 71.3 Å². The third-order valence-electron chi connectivity index (χ3n) is 6.57. The van der Waals surface area contributed by atoms with E-state index in [-0.39, 0.29) is 6.61 Å². The van der Waals surface area contributed by atoms with E-state index in [2.05, 4.69) is 0 Å². The van der Waals surface area contributed by atoms with Gasteiger partial charge in [-0.3, -0.25) is 4.79 Å². The quantitative estimate of drug-likeness (QED) is 0.193. The molecular weight excluding hydrogens is 508 g/mol. The van der Waals surface area contributed by atoms with E-state index in [4.69, 9.17) is 28.4 Å². The van der Waals surface area contributed by atoms with Crippen molar-refractivity contribution in [2.24, 2.45) is 0 Å². The predicted octanol–water partition coefficient (Wildman–Crippen LogP) is 5.97. The largest absolute Gasteiger partial charge is 0.466 e. The highest BCUT2D eigenvalue weighted by molar-refractivity contribution is 5.66. The van der Waals surface area contributed by atoms with Gasteiger partial charge in [0, 0.05) is 6.92 Å². The number of carbonyl (C=O) groups is 1. The second-order valence-corrected chi connectivity index (χ2v) is 9.66. The fourth-order valence-corrected chi connectivity index (χ4v) is 4.47. The van der Waals surface area contributed by atoms with Crippen molar-refractivity contribution in [1.29, 1.82) is 0 Å². The van der Waals surface area contributed by atoms with Crippen LogP contribution in [0.15, 0.2) is 103 Å². The summed E-state index contributed by atoms with van der Waals surface area (Å²) in [4.78, 5) is 12.3. The van der Waals surface area contributed by atoms with Crippen LogP contribution in [0, 0.1) is 0 Å². The van der Waals surface area contributed by atoms with Crippen molar-refractivity contribution in [3.63, 3.8) is 0 Å². The van der Waals surface area contributed by atoms with Gasteiger partial charge >= 0.3 is 5.97 Å². The maximum atomic E-state index is 12.3. The number of carbonyl (C=O) groups excluding carboxylic acids is 1. The standard InChI is InChI=1S/C33H38O7/c1-4-24(2)38-33-32(39-25(3)34)31(37-22-28-18-12-7-13-19-28)30(36-21-27-16-10-6-11-17-27)29(40-33)23-35-20-26-14-8-5-9-15-26/h4-19,29-33H,20-23H2,1-3H3/b24-4+/t29-,30-,31+,32-,33-/m1/s1. The van der Waals surface area contributed by atoms with Crippen LogP contribution >= 0.6 is 0 Å². The van der Waals surface area contributed by atoms with Crippen LogP contribution in [-0.4, -0.2) is 43.3 Å². The van der Waals surface area contributed by atoms with Gasteiger partial charge in [-0.1, -0.05) is 91.0 Å². The Hall–Kier alpha value is -3.49. The Morgan fingerprint density at radius 2 is 1.20 bits per heavy atom. The van der Waals surface area contributed by atoms with E-state index < -0.39 is 36.7 Å². The molecule has 0 saturated carbocycles. The lowest BCUT2D eigenvalue weighted by Gasteiger charge is -2.45. The van der Waals surface area contributed by atoms with Crippen LogP contribution in [0.5, 0.6) is 0 Å². The van der Waals surface area contributed by atoms with Crippen LogP contribution in [0.2, 0.25) is 0 Å². The molecule has 0 amide bonds. The number of ether oxygens (including phenoxy) is 6. The Balaban J connectivity index is 1.62. The number of esters is 1. The first kappa shape index (κ1) is 29.5. The fraction of sp³-hybridized carbons (Fsp3) is 0.364. The summed E-state index contributed by atoms with van der Waals surface area (Å²) in [5.74, 6) is 0.172. The molecule has 5 atom stereocenters. The van der Waals surface area contributed by atoms with E-state index >= 15 is 0 Å². The van der Waals surface area contributed by atoms with Crippen molar-refractivity contribution in [1.82, 2.24) is 0 Å². The van der Waals surface area contributed by atoms with Crippen LogP contribution in [0.4, 0.5) is 0 Å². The molecule has 1 saturated heterocycles. The third-order valence-corrected chi connectivity index (χ3v) is 6.57. The minimum absolute atomic E-state index is 0.223. The molecule has 0 spiro atoms.